The quantitative estimate of drug-likeness (QED) is 0.774. The molecule has 94 valence electrons. The van der Waals surface area contributed by atoms with E-state index in [-0.39, 0.29) is 17.8 Å². The molecule has 1 aromatic carbocycles. The lowest BCUT2D eigenvalue weighted by atomic mass is 10.2. The van der Waals surface area contributed by atoms with Crippen molar-refractivity contribution in [3.05, 3.63) is 41.7 Å². The van der Waals surface area contributed by atoms with Gasteiger partial charge in [0, 0.05) is 12.7 Å². The molecule has 2 rings (SSSR count). The number of hydrogen-bond acceptors (Lipinski definition) is 4. The van der Waals surface area contributed by atoms with Crippen LogP contribution in [0.4, 0.5) is 10.1 Å². The first-order valence-corrected chi connectivity index (χ1v) is 5.24. The van der Waals surface area contributed by atoms with Gasteiger partial charge in [-0.1, -0.05) is 0 Å². The molecule has 0 bridgehead atoms. The Hall–Kier alpha value is -2.44. The van der Waals surface area contributed by atoms with Gasteiger partial charge in [0.1, 0.15) is 12.1 Å². The van der Waals surface area contributed by atoms with Crippen molar-refractivity contribution >= 4 is 11.6 Å². The summed E-state index contributed by atoms with van der Waals surface area (Å²) in [7, 11) is 1.72. The van der Waals surface area contributed by atoms with Gasteiger partial charge in [0.15, 0.2) is 5.82 Å². The number of hydrogen-bond donors (Lipinski definition) is 2. The molecule has 3 N–H and O–H groups in total. The van der Waals surface area contributed by atoms with E-state index in [2.05, 4.69) is 15.4 Å². The number of carbonyl (C=O) groups excluding carboxylic acids is 1. The smallest absolute Gasteiger partial charge is 0.254 e. The molecule has 0 saturated heterocycles. The van der Waals surface area contributed by atoms with Crippen molar-refractivity contribution in [3.63, 3.8) is 0 Å². The van der Waals surface area contributed by atoms with Crippen molar-refractivity contribution in [2.24, 2.45) is 7.05 Å². The molecule has 0 unspecified atom stereocenters. The molecule has 1 amide bonds. The Bertz CT molecular complexity index is 581. The largest absolute Gasteiger partial charge is 0.399 e. The van der Waals surface area contributed by atoms with Crippen LogP contribution in [0.15, 0.2) is 24.5 Å². The van der Waals surface area contributed by atoms with Crippen LogP contribution < -0.4 is 11.1 Å². The van der Waals surface area contributed by atoms with E-state index in [0.29, 0.717) is 5.82 Å². The second-order valence-corrected chi connectivity index (χ2v) is 3.76. The number of halogens is 1. The molecule has 0 saturated carbocycles. The lowest BCUT2D eigenvalue weighted by molar-refractivity contribution is 0.0946. The fourth-order valence-corrected chi connectivity index (χ4v) is 1.43. The first-order valence-electron chi connectivity index (χ1n) is 5.24. The lowest BCUT2D eigenvalue weighted by Crippen LogP contribution is -2.24. The number of aromatic nitrogens is 3. The third-order valence-electron chi connectivity index (χ3n) is 2.29. The minimum Gasteiger partial charge on any atom is -0.399 e. The van der Waals surface area contributed by atoms with Gasteiger partial charge in [-0.05, 0) is 18.2 Å². The zero-order valence-corrected chi connectivity index (χ0v) is 9.72. The van der Waals surface area contributed by atoms with Crippen LogP contribution in [0.1, 0.15) is 16.2 Å². The number of rotatable bonds is 3. The molecule has 0 radical (unpaired) electrons. The molecular formula is C11H12FN5O. The van der Waals surface area contributed by atoms with Gasteiger partial charge in [-0.25, -0.2) is 9.37 Å². The minimum absolute atomic E-state index is 0.0554. The lowest BCUT2D eigenvalue weighted by Gasteiger charge is -2.04. The molecule has 1 heterocycles. The number of nitrogens with two attached hydrogens (primary N) is 1. The average Bonchev–Trinajstić information content (AvgIpc) is 2.72. The Balaban J connectivity index is 2.03. The monoisotopic (exact) mass is 249 g/mol. The van der Waals surface area contributed by atoms with Gasteiger partial charge >= 0.3 is 0 Å². The third kappa shape index (κ3) is 2.62. The summed E-state index contributed by atoms with van der Waals surface area (Å²) in [6.45, 7) is 0.142. The summed E-state index contributed by atoms with van der Waals surface area (Å²) in [5.74, 6) is -0.719. The first kappa shape index (κ1) is 12.0. The normalized spacial score (nSPS) is 10.3. The van der Waals surface area contributed by atoms with E-state index in [1.165, 1.54) is 23.1 Å². The molecule has 0 spiro atoms. The molecule has 2 aromatic rings. The van der Waals surface area contributed by atoms with Crippen LogP contribution in [0.2, 0.25) is 0 Å². The van der Waals surface area contributed by atoms with Crippen LogP contribution in [0, 0.1) is 5.82 Å². The number of anilines is 1. The van der Waals surface area contributed by atoms with Crippen LogP contribution in [0.25, 0.3) is 0 Å². The highest BCUT2D eigenvalue weighted by Crippen LogP contribution is 2.11. The van der Waals surface area contributed by atoms with Gasteiger partial charge in [-0.2, -0.15) is 5.10 Å². The van der Waals surface area contributed by atoms with Crippen molar-refractivity contribution in [1.29, 1.82) is 0 Å². The summed E-state index contributed by atoms with van der Waals surface area (Å²) in [4.78, 5) is 15.6. The Labute approximate surface area is 103 Å². The Kier molecular flexibility index (Phi) is 3.22. The molecular weight excluding hydrogens is 237 g/mol. The average molecular weight is 249 g/mol. The summed E-state index contributed by atoms with van der Waals surface area (Å²) in [5.41, 5.74) is 5.62. The predicted molar refractivity (Wildman–Crippen MR) is 63.0 cm³/mol. The fourth-order valence-electron chi connectivity index (χ4n) is 1.43. The molecule has 0 atom stereocenters. The maximum atomic E-state index is 13.5. The molecule has 0 fully saturated rings. The van der Waals surface area contributed by atoms with E-state index in [4.69, 9.17) is 5.73 Å². The van der Waals surface area contributed by atoms with E-state index in [1.807, 2.05) is 0 Å². The number of amides is 1. The van der Waals surface area contributed by atoms with Crippen molar-refractivity contribution in [2.75, 3.05) is 5.73 Å². The van der Waals surface area contributed by atoms with Crippen molar-refractivity contribution in [3.8, 4) is 0 Å². The van der Waals surface area contributed by atoms with Gasteiger partial charge in [0.25, 0.3) is 5.91 Å². The van der Waals surface area contributed by atoms with E-state index >= 15 is 0 Å². The standard InChI is InChI=1S/C11H12FN5O/c1-17-6-15-10(16-17)5-14-11(18)8-3-2-7(13)4-9(8)12/h2-4,6H,5,13H2,1H3,(H,14,18). The number of nitrogens with one attached hydrogen (secondary N) is 1. The molecule has 0 aliphatic heterocycles. The van der Waals surface area contributed by atoms with Crippen LogP contribution in [-0.2, 0) is 13.6 Å². The van der Waals surface area contributed by atoms with Crippen LogP contribution in [0.5, 0.6) is 0 Å². The third-order valence-corrected chi connectivity index (χ3v) is 2.29. The number of aryl methyl sites for hydroxylation is 1. The number of benzene rings is 1. The SMILES string of the molecule is Cn1cnc(CNC(=O)c2ccc(N)cc2F)n1. The highest BCUT2D eigenvalue weighted by Gasteiger charge is 2.12. The zero-order valence-electron chi connectivity index (χ0n) is 9.72. The van der Waals surface area contributed by atoms with Gasteiger partial charge in [0.05, 0.1) is 12.1 Å². The van der Waals surface area contributed by atoms with E-state index < -0.39 is 11.7 Å². The first-order chi connectivity index (χ1) is 8.56. The summed E-state index contributed by atoms with van der Waals surface area (Å²) < 4.78 is 15.0. The van der Waals surface area contributed by atoms with E-state index in [1.54, 1.807) is 7.05 Å². The van der Waals surface area contributed by atoms with Crippen LogP contribution in [-0.4, -0.2) is 20.7 Å². The fraction of sp³-hybridized carbons (Fsp3) is 0.182. The van der Waals surface area contributed by atoms with Gasteiger partial charge in [0.2, 0.25) is 0 Å². The van der Waals surface area contributed by atoms with Crippen molar-refractivity contribution in [1.82, 2.24) is 20.1 Å². The maximum Gasteiger partial charge on any atom is 0.254 e. The Morgan fingerprint density at radius 1 is 1.56 bits per heavy atom. The van der Waals surface area contributed by atoms with Gasteiger partial charge < -0.3 is 11.1 Å². The Morgan fingerprint density at radius 2 is 2.33 bits per heavy atom. The van der Waals surface area contributed by atoms with Gasteiger partial charge in [-0.15, -0.1) is 0 Å². The minimum atomic E-state index is -0.651. The second kappa shape index (κ2) is 4.82. The van der Waals surface area contributed by atoms with Crippen LogP contribution >= 0.6 is 0 Å². The van der Waals surface area contributed by atoms with E-state index in [9.17, 15) is 9.18 Å². The summed E-state index contributed by atoms with van der Waals surface area (Å²) in [5, 5.41) is 6.52. The van der Waals surface area contributed by atoms with Gasteiger partial charge in [-0.3, -0.25) is 9.48 Å². The highest BCUT2D eigenvalue weighted by atomic mass is 19.1. The summed E-state index contributed by atoms with van der Waals surface area (Å²) >= 11 is 0. The predicted octanol–water partition coefficient (Wildman–Crippen LogP) is 0.466. The highest BCUT2D eigenvalue weighted by molar-refractivity contribution is 5.94. The Morgan fingerprint density at radius 3 is 2.94 bits per heavy atom. The number of carbonyl (C=O) groups is 1. The molecule has 18 heavy (non-hydrogen) atoms. The molecule has 1 aromatic heterocycles. The summed E-state index contributed by atoms with van der Waals surface area (Å²) in [6.07, 6.45) is 1.52. The van der Waals surface area contributed by atoms with Crippen molar-refractivity contribution in [2.45, 2.75) is 6.54 Å². The molecule has 6 nitrogen and oxygen atoms in total. The number of nitrogen functional groups attached to an aromatic ring is 1. The summed E-state index contributed by atoms with van der Waals surface area (Å²) in [6, 6.07) is 3.91. The molecule has 0 aliphatic carbocycles. The van der Waals surface area contributed by atoms with Crippen LogP contribution in [0.3, 0.4) is 0 Å². The number of nitrogens with zero attached hydrogens (tertiary/aromatic N) is 3. The van der Waals surface area contributed by atoms with E-state index in [0.717, 1.165) is 6.07 Å². The maximum absolute atomic E-state index is 13.5. The zero-order chi connectivity index (χ0) is 13.1. The topological polar surface area (TPSA) is 85.8 Å². The van der Waals surface area contributed by atoms with Crippen molar-refractivity contribution < 1.29 is 9.18 Å². The molecule has 7 heteroatoms. The second-order valence-electron chi connectivity index (χ2n) is 3.76. The molecule has 0 aliphatic rings.